The van der Waals surface area contributed by atoms with Crippen molar-refractivity contribution in [3.05, 3.63) is 51.9 Å². The van der Waals surface area contributed by atoms with Crippen molar-refractivity contribution in [2.75, 3.05) is 11.2 Å². The zero-order valence-corrected chi connectivity index (χ0v) is 23.0. The molecule has 11 nitrogen and oxygen atoms in total. The minimum Gasteiger partial charge on any atom is -0.443 e. The van der Waals surface area contributed by atoms with Crippen LogP contribution in [0.2, 0.25) is 5.02 Å². The fourth-order valence-corrected chi connectivity index (χ4v) is 3.87. The molecule has 0 spiro atoms. The summed E-state index contributed by atoms with van der Waals surface area (Å²) in [6, 6.07) is 7.24. The third kappa shape index (κ3) is 6.63. The summed E-state index contributed by atoms with van der Waals surface area (Å²) in [6.45, 7) is 9.64. The van der Waals surface area contributed by atoms with E-state index in [1.165, 1.54) is 6.07 Å². The quantitative estimate of drug-likeness (QED) is 0.431. The molecule has 0 fully saturated rings. The molecule has 0 aliphatic carbocycles. The van der Waals surface area contributed by atoms with Crippen molar-refractivity contribution in [3.63, 3.8) is 0 Å². The number of nitrogens with zero attached hydrogens (tertiary/aromatic N) is 4. The van der Waals surface area contributed by atoms with Gasteiger partial charge in [0.1, 0.15) is 11.2 Å². The first-order valence-corrected chi connectivity index (χ1v) is 13.3. The summed E-state index contributed by atoms with van der Waals surface area (Å²) in [5, 5.41) is -0.250. The lowest BCUT2D eigenvalue weighted by atomic mass is 10.2. The van der Waals surface area contributed by atoms with Gasteiger partial charge in [-0.25, -0.2) is 23.0 Å². The third-order valence-corrected chi connectivity index (χ3v) is 5.60. The molecule has 0 atom stereocenters. The largest absolute Gasteiger partial charge is 0.443 e. The van der Waals surface area contributed by atoms with Crippen LogP contribution in [0.25, 0.3) is 16.7 Å². The maximum absolute atomic E-state index is 13.4. The third-order valence-electron chi connectivity index (χ3n) is 4.51. The first kappa shape index (κ1) is 28.1. The van der Waals surface area contributed by atoms with Gasteiger partial charge in [-0.15, -0.1) is 0 Å². The Bertz CT molecular complexity index is 1530. The Morgan fingerprint density at radius 1 is 1.00 bits per heavy atom. The summed E-state index contributed by atoms with van der Waals surface area (Å²) in [6.07, 6.45) is -0.214. The van der Waals surface area contributed by atoms with E-state index in [0.29, 0.717) is 9.92 Å². The molecule has 0 unspecified atom stereocenters. The summed E-state index contributed by atoms with van der Waals surface area (Å²) in [7, 11) is -3.89. The Morgan fingerprint density at radius 2 is 1.57 bits per heavy atom. The highest BCUT2D eigenvalue weighted by atomic mass is 35.5. The van der Waals surface area contributed by atoms with E-state index in [1.54, 1.807) is 59.7 Å². The number of halogens is 1. The van der Waals surface area contributed by atoms with E-state index in [1.807, 2.05) is 0 Å². The van der Waals surface area contributed by atoms with E-state index in [2.05, 4.69) is 9.97 Å². The Hall–Kier alpha value is -3.51. The van der Waals surface area contributed by atoms with Gasteiger partial charge in [-0.2, -0.15) is 9.88 Å². The molecular weight excluding hydrogens is 524 g/mol. The molecule has 0 N–H and O–H groups in total. The van der Waals surface area contributed by atoms with Crippen LogP contribution in [0.3, 0.4) is 0 Å². The lowest BCUT2D eigenvalue weighted by molar-refractivity contribution is 0.0431. The molecule has 0 aliphatic rings. The lowest BCUT2D eigenvalue weighted by Gasteiger charge is -2.29. The van der Waals surface area contributed by atoms with E-state index in [-0.39, 0.29) is 22.4 Å². The molecule has 1 aromatic carbocycles. The molecule has 0 aliphatic heterocycles. The van der Waals surface area contributed by atoms with Gasteiger partial charge in [0.05, 0.1) is 16.8 Å². The molecule has 2 amide bonds. The number of hydrogen-bond acceptors (Lipinski definition) is 9. The zero-order valence-electron chi connectivity index (χ0n) is 21.4. The van der Waals surface area contributed by atoms with Gasteiger partial charge in [-0.1, -0.05) is 17.7 Å². The second kappa shape index (κ2) is 9.75. The number of aromatic nitrogens is 3. The molecule has 0 bridgehead atoms. The Morgan fingerprint density at radius 3 is 2.05 bits per heavy atom. The molecule has 2 aromatic heterocycles. The Kier molecular flexibility index (Phi) is 7.39. The second-order valence-electron chi connectivity index (χ2n) is 10.1. The van der Waals surface area contributed by atoms with Crippen LogP contribution in [-0.4, -0.2) is 52.6 Å². The molecule has 0 saturated carbocycles. The number of benzene rings is 1. The predicted octanol–water partition coefficient (Wildman–Crippen LogP) is 4.51. The predicted molar refractivity (Wildman–Crippen MR) is 138 cm³/mol. The van der Waals surface area contributed by atoms with Crippen LogP contribution in [0, 0.1) is 0 Å². The van der Waals surface area contributed by atoms with E-state index < -0.39 is 43.9 Å². The number of ether oxygens (including phenoxy) is 2. The normalized spacial score (nSPS) is 12.3. The minimum atomic E-state index is -3.89. The highest BCUT2D eigenvalue weighted by Gasteiger charge is 2.35. The fourth-order valence-electron chi connectivity index (χ4n) is 3.19. The SMILES string of the molecule is CC(C)(C)OC(=O)N(C(=O)OC(C)(C)C)c1cc(=O)n(-c2cccc(Cl)c2)c2nc(S(C)(=O)=O)ncc12. The number of sulfone groups is 1. The van der Waals surface area contributed by atoms with Gasteiger partial charge in [0.2, 0.25) is 15.0 Å². The fraction of sp³-hybridized carbons (Fsp3) is 0.375. The number of rotatable bonds is 3. The molecular formula is C24H27ClN4O7S. The number of amides is 2. The number of imide groups is 1. The van der Waals surface area contributed by atoms with Crippen molar-refractivity contribution < 1.29 is 27.5 Å². The molecule has 3 rings (SSSR count). The highest BCUT2D eigenvalue weighted by Crippen LogP contribution is 2.29. The van der Waals surface area contributed by atoms with Gasteiger partial charge in [0.15, 0.2) is 5.65 Å². The maximum atomic E-state index is 13.4. The van der Waals surface area contributed by atoms with Crippen molar-refractivity contribution in [2.45, 2.75) is 57.9 Å². The van der Waals surface area contributed by atoms with Crippen LogP contribution < -0.4 is 10.5 Å². The van der Waals surface area contributed by atoms with E-state index in [4.69, 9.17) is 21.1 Å². The van der Waals surface area contributed by atoms with Crippen LogP contribution >= 0.6 is 11.6 Å². The number of pyridine rings is 1. The van der Waals surface area contributed by atoms with E-state index in [0.717, 1.165) is 23.1 Å². The van der Waals surface area contributed by atoms with Crippen molar-refractivity contribution in [1.82, 2.24) is 14.5 Å². The molecule has 0 saturated heterocycles. The highest BCUT2D eigenvalue weighted by molar-refractivity contribution is 7.90. The van der Waals surface area contributed by atoms with Gasteiger partial charge in [-0.3, -0.25) is 9.36 Å². The van der Waals surface area contributed by atoms with Crippen LogP contribution in [0.1, 0.15) is 41.5 Å². The summed E-state index contributed by atoms with van der Waals surface area (Å²) < 4.78 is 36.4. The first-order valence-electron chi connectivity index (χ1n) is 11.0. The number of carbonyl (C=O) groups is 2. The molecule has 37 heavy (non-hydrogen) atoms. The molecule has 0 radical (unpaired) electrons. The Balaban J connectivity index is 2.42. The lowest BCUT2D eigenvalue weighted by Crippen LogP contribution is -2.44. The van der Waals surface area contributed by atoms with E-state index in [9.17, 15) is 22.8 Å². The second-order valence-corrected chi connectivity index (χ2v) is 12.5. The standard InChI is InChI=1S/C24H27ClN4O7S/c1-23(2,3)35-21(31)29(22(32)36-24(4,5)6)17-12-18(30)28(15-10-8-9-14(25)11-15)19-16(17)13-26-20(27-19)37(7,33)34/h8-13H,1-7H3. The minimum absolute atomic E-state index is 0.00342. The average molecular weight is 551 g/mol. The van der Waals surface area contributed by atoms with Gasteiger partial charge < -0.3 is 9.47 Å². The van der Waals surface area contributed by atoms with Crippen molar-refractivity contribution in [2.24, 2.45) is 0 Å². The van der Waals surface area contributed by atoms with Gasteiger partial charge in [0.25, 0.3) is 5.56 Å². The van der Waals surface area contributed by atoms with Gasteiger partial charge >= 0.3 is 12.2 Å². The summed E-state index contributed by atoms with van der Waals surface area (Å²) in [4.78, 5) is 48.4. The smallest absolute Gasteiger partial charge is 0.424 e. The van der Waals surface area contributed by atoms with Crippen molar-refractivity contribution in [1.29, 1.82) is 0 Å². The number of hydrogen-bond donors (Lipinski definition) is 0. The summed E-state index contributed by atoms with van der Waals surface area (Å²) >= 11 is 6.12. The zero-order chi connectivity index (χ0) is 27.9. The summed E-state index contributed by atoms with van der Waals surface area (Å²) in [5.74, 6) is 0. The van der Waals surface area contributed by atoms with Crippen LogP contribution in [0.4, 0.5) is 15.3 Å². The van der Waals surface area contributed by atoms with Crippen LogP contribution in [0.5, 0.6) is 0 Å². The van der Waals surface area contributed by atoms with E-state index >= 15 is 0 Å². The maximum Gasteiger partial charge on any atom is 0.424 e. The topological polar surface area (TPSA) is 138 Å². The molecule has 3 aromatic rings. The molecule has 2 heterocycles. The van der Waals surface area contributed by atoms with Crippen LogP contribution in [0.15, 0.2) is 46.5 Å². The van der Waals surface area contributed by atoms with Crippen molar-refractivity contribution in [3.8, 4) is 5.69 Å². The van der Waals surface area contributed by atoms with Gasteiger partial charge in [-0.05, 0) is 59.7 Å². The Labute approximate surface area is 218 Å². The average Bonchev–Trinajstić information content (AvgIpc) is 2.70. The number of fused-ring (bicyclic) bond motifs is 1. The van der Waals surface area contributed by atoms with Gasteiger partial charge in [0, 0.05) is 23.5 Å². The monoisotopic (exact) mass is 550 g/mol. The molecule has 13 heteroatoms. The first-order chi connectivity index (χ1) is 16.9. The number of anilines is 1. The summed E-state index contributed by atoms with van der Waals surface area (Å²) in [5.41, 5.74) is -2.89. The molecule has 198 valence electrons. The van der Waals surface area contributed by atoms with Crippen molar-refractivity contribution >= 4 is 50.3 Å². The number of carbonyl (C=O) groups excluding carboxylic acids is 2. The van der Waals surface area contributed by atoms with Crippen LogP contribution in [-0.2, 0) is 19.3 Å².